The number of hydrogen-bond donors (Lipinski definition) is 1. The molecule has 0 fully saturated rings. The average Bonchev–Trinajstić information content (AvgIpc) is 2.30. The van der Waals surface area contributed by atoms with Crippen molar-refractivity contribution in [3.05, 3.63) is 34.9 Å². The third-order valence-electron chi connectivity index (χ3n) is 2.59. The number of sulfonamides is 1. The van der Waals surface area contributed by atoms with Crippen LogP contribution in [0.25, 0.3) is 0 Å². The Morgan fingerprint density at radius 3 is 2.35 bits per heavy atom. The van der Waals surface area contributed by atoms with Crippen LogP contribution in [0.3, 0.4) is 0 Å². The second kappa shape index (κ2) is 5.82. The molecule has 1 atom stereocenters. The second-order valence-electron chi connectivity index (χ2n) is 3.97. The molecule has 1 aromatic carbocycles. The lowest BCUT2D eigenvalue weighted by molar-refractivity contribution is 0.457. The van der Waals surface area contributed by atoms with Crippen molar-refractivity contribution in [1.82, 2.24) is 4.31 Å². The molecule has 0 aromatic heterocycles. The third kappa shape index (κ3) is 3.67. The zero-order valence-corrected chi connectivity index (χ0v) is 11.5. The minimum absolute atomic E-state index is 0.118. The smallest absolute Gasteiger partial charge is 0.218 e. The van der Waals surface area contributed by atoms with Crippen LogP contribution >= 0.6 is 11.6 Å². The van der Waals surface area contributed by atoms with Crippen molar-refractivity contribution in [2.24, 2.45) is 5.73 Å². The van der Waals surface area contributed by atoms with Crippen molar-refractivity contribution in [3.63, 3.8) is 0 Å². The van der Waals surface area contributed by atoms with E-state index in [1.165, 1.54) is 4.31 Å². The van der Waals surface area contributed by atoms with Gasteiger partial charge in [-0.15, -0.1) is 0 Å². The highest BCUT2D eigenvalue weighted by Gasteiger charge is 2.24. The van der Waals surface area contributed by atoms with Gasteiger partial charge in [0.15, 0.2) is 0 Å². The lowest BCUT2D eigenvalue weighted by atomic mass is 10.2. The number of nitrogens with two attached hydrogens (primary N) is 1. The van der Waals surface area contributed by atoms with Crippen LogP contribution in [0.2, 0.25) is 5.02 Å². The van der Waals surface area contributed by atoms with Crippen LogP contribution in [0.5, 0.6) is 0 Å². The first-order valence-electron chi connectivity index (χ1n) is 5.27. The fourth-order valence-corrected chi connectivity index (χ4v) is 2.68. The van der Waals surface area contributed by atoms with Crippen molar-refractivity contribution in [2.75, 3.05) is 13.6 Å². The van der Waals surface area contributed by atoms with Gasteiger partial charge in [0, 0.05) is 25.2 Å². The van der Waals surface area contributed by atoms with E-state index in [1.807, 2.05) is 12.1 Å². The average molecular weight is 277 g/mol. The SMILES string of the molecule is CC(CN)S(=O)(=O)N(C)Cc1ccc(Cl)cc1. The van der Waals surface area contributed by atoms with Gasteiger partial charge < -0.3 is 5.73 Å². The summed E-state index contributed by atoms with van der Waals surface area (Å²) in [5.41, 5.74) is 6.28. The number of hydrogen-bond acceptors (Lipinski definition) is 3. The maximum absolute atomic E-state index is 12.0. The fourth-order valence-electron chi connectivity index (χ4n) is 1.37. The minimum atomic E-state index is -3.32. The third-order valence-corrected chi connectivity index (χ3v) is 5.05. The van der Waals surface area contributed by atoms with Gasteiger partial charge >= 0.3 is 0 Å². The molecule has 0 bridgehead atoms. The van der Waals surface area contributed by atoms with Gasteiger partial charge in [0.05, 0.1) is 5.25 Å². The molecule has 2 N–H and O–H groups in total. The summed E-state index contributed by atoms with van der Waals surface area (Å²) in [6, 6.07) is 7.09. The minimum Gasteiger partial charge on any atom is -0.329 e. The fraction of sp³-hybridized carbons (Fsp3) is 0.455. The van der Waals surface area contributed by atoms with Gasteiger partial charge in [-0.05, 0) is 24.6 Å². The first-order chi connectivity index (χ1) is 7.87. The molecule has 0 saturated heterocycles. The Morgan fingerprint density at radius 1 is 1.35 bits per heavy atom. The lowest BCUT2D eigenvalue weighted by Crippen LogP contribution is -2.38. The molecule has 1 aromatic rings. The summed E-state index contributed by atoms with van der Waals surface area (Å²) >= 11 is 5.76. The molecular weight excluding hydrogens is 260 g/mol. The molecule has 96 valence electrons. The molecular formula is C11H17ClN2O2S. The standard InChI is InChI=1S/C11H17ClN2O2S/c1-9(7-13)17(15,16)14(2)8-10-3-5-11(12)6-4-10/h3-6,9H,7-8,13H2,1-2H3. The van der Waals surface area contributed by atoms with Crippen LogP contribution in [0.15, 0.2) is 24.3 Å². The van der Waals surface area contributed by atoms with E-state index in [4.69, 9.17) is 17.3 Å². The molecule has 0 heterocycles. The monoisotopic (exact) mass is 276 g/mol. The van der Waals surface area contributed by atoms with Gasteiger partial charge in [0.2, 0.25) is 10.0 Å². The van der Waals surface area contributed by atoms with Crippen LogP contribution in [0.1, 0.15) is 12.5 Å². The first-order valence-corrected chi connectivity index (χ1v) is 7.15. The molecule has 0 amide bonds. The van der Waals surface area contributed by atoms with Crippen molar-refractivity contribution in [3.8, 4) is 0 Å². The Labute approximate surface area is 107 Å². The second-order valence-corrected chi connectivity index (χ2v) is 6.87. The van der Waals surface area contributed by atoms with Gasteiger partial charge in [-0.2, -0.15) is 0 Å². The van der Waals surface area contributed by atoms with E-state index < -0.39 is 15.3 Å². The van der Waals surface area contributed by atoms with Crippen LogP contribution in [-0.4, -0.2) is 31.6 Å². The number of nitrogens with zero attached hydrogens (tertiary/aromatic N) is 1. The van der Waals surface area contributed by atoms with Gasteiger partial charge in [-0.3, -0.25) is 0 Å². The summed E-state index contributed by atoms with van der Waals surface area (Å²) in [6.45, 7) is 2.05. The maximum Gasteiger partial charge on any atom is 0.218 e. The van der Waals surface area contributed by atoms with Gasteiger partial charge in [0.25, 0.3) is 0 Å². The van der Waals surface area contributed by atoms with Gasteiger partial charge in [0.1, 0.15) is 0 Å². The van der Waals surface area contributed by atoms with Crippen molar-refractivity contribution >= 4 is 21.6 Å². The van der Waals surface area contributed by atoms with E-state index in [9.17, 15) is 8.42 Å². The molecule has 0 saturated carbocycles. The Morgan fingerprint density at radius 2 is 1.88 bits per heavy atom. The Balaban J connectivity index is 2.79. The topological polar surface area (TPSA) is 63.4 Å². The normalized spacial score (nSPS) is 13.9. The molecule has 6 heteroatoms. The van der Waals surface area contributed by atoms with E-state index in [-0.39, 0.29) is 6.54 Å². The molecule has 0 aliphatic rings. The Bertz CT molecular complexity index is 459. The summed E-state index contributed by atoms with van der Waals surface area (Å²) < 4.78 is 25.2. The zero-order valence-electron chi connectivity index (χ0n) is 9.93. The summed E-state index contributed by atoms with van der Waals surface area (Å²) in [5, 5.41) is 0.0642. The largest absolute Gasteiger partial charge is 0.329 e. The summed E-state index contributed by atoms with van der Waals surface area (Å²) in [6.07, 6.45) is 0. The Kier molecular flexibility index (Phi) is 4.94. The van der Waals surface area contributed by atoms with Crippen LogP contribution in [-0.2, 0) is 16.6 Å². The van der Waals surface area contributed by atoms with Crippen LogP contribution in [0, 0.1) is 0 Å². The number of benzene rings is 1. The van der Waals surface area contributed by atoms with Gasteiger partial charge in [-0.25, -0.2) is 12.7 Å². The molecule has 1 rings (SSSR count). The predicted octanol–water partition coefficient (Wildman–Crippen LogP) is 1.45. The van der Waals surface area contributed by atoms with Crippen LogP contribution in [0.4, 0.5) is 0 Å². The van der Waals surface area contributed by atoms with E-state index in [1.54, 1.807) is 26.1 Å². The van der Waals surface area contributed by atoms with Crippen molar-refractivity contribution in [2.45, 2.75) is 18.7 Å². The predicted molar refractivity (Wildman–Crippen MR) is 70.4 cm³/mol. The van der Waals surface area contributed by atoms with E-state index >= 15 is 0 Å². The highest BCUT2D eigenvalue weighted by atomic mass is 35.5. The molecule has 0 radical (unpaired) electrons. The highest BCUT2D eigenvalue weighted by molar-refractivity contribution is 7.89. The molecule has 1 unspecified atom stereocenters. The summed E-state index contributed by atoms with van der Waals surface area (Å²) in [5.74, 6) is 0. The molecule has 4 nitrogen and oxygen atoms in total. The van der Waals surface area contributed by atoms with E-state index in [0.717, 1.165) is 5.56 Å². The van der Waals surface area contributed by atoms with Crippen molar-refractivity contribution < 1.29 is 8.42 Å². The van der Waals surface area contributed by atoms with E-state index in [0.29, 0.717) is 11.6 Å². The quantitative estimate of drug-likeness (QED) is 0.885. The summed E-state index contributed by atoms with van der Waals surface area (Å²) in [7, 11) is -1.77. The summed E-state index contributed by atoms with van der Waals surface area (Å²) in [4.78, 5) is 0. The lowest BCUT2D eigenvalue weighted by Gasteiger charge is -2.21. The first kappa shape index (κ1) is 14.4. The van der Waals surface area contributed by atoms with Crippen LogP contribution < -0.4 is 5.73 Å². The number of halogens is 1. The molecule has 17 heavy (non-hydrogen) atoms. The van der Waals surface area contributed by atoms with E-state index in [2.05, 4.69) is 0 Å². The molecule has 0 aliphatic heterocycles. The molecule has 0 spiro atoms. The number of rotatable bonds is 5. The van der Waals surface area contributed by atoms with Crippen molar-refractivity contribution in [1.29, 1.82) is 0 Å². The highest BCUT2D eigenvalue weighted by Crippen LogP contribution is 2.14. The van der Waals surface area contributed by atoms with Gasteiger partial charge in [-0.1, -0.05) is 23.7 Å². The zero-order chi connectivity index (χ0) is 13.1. The Hall–Kier alpha value is -0.620. The molecule has 0 aliphatic carbocycles. The maximum atomic E-state index is 12.0.